The maximum atomic E-state index is 12.2. The molecule has 154 valence electrons. The molecule has 7 nitrogen and oxygen atoms in total. The van der Waals surface area contributed by atoms with Crippen molar-refractivity contribution in [2.75, 3.05) is 11.1 Å². The molecule has 2 aromatic heterocycles. The Labute approximate surface area is 181 Å². The fraction of sp³-hybridized carbons (Fsp3) is 0.238. The van der Waals surface area contributed by atoms with Crippen LogP contribution in [0.5, 0.6) is 5.75 Å². The van der Waals surface area contributed by atoms with Crippen molar-refractivity contribution in [2.24, 2.45) is 0 Å². The summed E-state index contributed by atoms with van der Waals surface area (Å²) in [6, 6.07) is 15.7. The molecule has 0 aliphatic heterocycles. The van der Waals surface area contributed by atoms with E-state index in [4.69, 9.17) is 9.15 Å². The van der Waals surface area contributed by atoms with Crippen LogP contribution < -0.4 is 10.1 Å². The summed E-state index contributed by atoms with van der Waals surface area (Å²) in [5, 5.41) is 11.6. The summed E-state index contributed by atoms with van der Waals surface area (Å²) >= 11 is 2.61. The summed E-state index contributed by atoms with van der Waals surface area (Å²) in [5.74, 6) is 1.54. The molecule has 2 heterocycles. The Morgan fingerprint density at radius 2 is 1.97 bits per heavy atom. The van der Waals surface area contributed by atoms with Gasteiger partial charge in [-0.3, -0.25) is 4.79 Å². The lowest BCUT2D eigenvalue weighted by molar-refractivity contribution is -0.113. The largest absolute Gasteiger partial charge is 0.484 e. The lowest BCUT2D eigenvalue weighted by Gasteiger charge is -2.07. The molecule has 0 aliphatic carbocycles. The summed E-state index contributed by atoms with van der Waals surface area (Å²) in [4.78, 5) is 16.6. The second kappa shape index (κ2) is 9.27. The van der Waals surface area contributed by atoms with Crippen LogP contribution in [0, 0.1) is 0 Å². The zero-order valence-corrected chi connectivity index (χ0v) is 18.1. The predicted molar refractivity (Wildman–Crippen MR) is 118 cm³/mol. The zero-order valence-electron chi connectivity index (χ0n) is 16.5. The second-order valence-electron chi connectivity index (χ2n) is 6.80. The number of benzene rings is 2. The molecule has 0 bridgehead atoms. The summed E-state index contributed by atoms with van der Waals surface area (Å²) in [6.07, 6.45) is 0. The third-order valence-electron chi connectivity index (χ3n) is 4.22. The smallest absolute Gasteiger partial charge is 0.277 e. The average Bonchev–Trinajstić information content (AvgIpc) is 3.37. The van der Waals surface area contributed by atoms with E-state index in [1.165, 1.54) is 28.7 Å². The molecule has 1 amide bonds. The van der Waals surface area contributed by atoms with Gasteiger partial charge in [0.05, 0.1) is 16.0 Å². The first kappa shape index (κ1) is 20.4. The molecule has 4 aromatic rings. The van der Waals surface area contributed by atoms with Gasteiger partial charge >= 0.3 is 0 Å². The molecule has 0 spiro atoms. The third kappa shape index (κ3) is 5.17. The molecule has 9 heteroatoms. The highest BCUT2D eigenvalue weighted by Crippen LogP contribution is 2.26. The fourth-order valence-corrected chi connectivity index (χ4v) is 4.12. The minimum Gasteiger partial charge on any atom is -0.484 e. The van der Waals surface area contributed by atoms with Gasteiger partial charge in [-0.2, -0.15) is 0 Å². The monoisotopic (exact) mass is 440 g/mol. The number of carbonyl (C=O) groups excluding carboxylic acids is 1. The number of rotatable bonds is 8. The van der Waals surface area contributed by atoms with Gasteiger partial charge in [0.15, 0.2) is 11.7 Å². The van der Waals surface area contributed by atoms with Crippen LogP contribution in [0.3, 0.4) is 0 Å². The van der Waals surface area contributed by atoms with Gasteiger partial charge < -0.3 is 14.5 Å². The molecule has 0 saturated carbocycles. The Morgan fingerprint density at radius 1 is 1.17 bits per heavy atom. The molecule has 0 aliphatic rings. The number of ether oxygens (including phenoxy) is 1. The summed E-state index contributed by atoms with van der Waals surface area (Å²) < 4.78 is 12.2. The van der Waals surface area contributed by atoms with E-state index >= 15 is 0 Å². The molecule has 0 radical (unpaired) electrons. The van der Waals surface area contributed by atoms with E-state index in [2.05, 4.69) is 34.3 Å². The Bertz CT molecular complexity index is 1110. The van der Waals surface area contributed by atoms with E-state index in [9.17, 15) is 4.79 Å². The van der Waals surface area contributed by atoms with Crippen LogP contribution in [-0.2, 0) is 11.4 Å². The summed E-state index contributed by atoms with van der Waals surface area (Å²) in [6.45, 7) is 4.46. The first-order valence-corrected chi connectivity index (χ1v) is 11.2. The van der Waals surface area contributed by atoms with E-state index in [0.29, 0.717) is 22.2 Å². The fourth-order valence-electron chi connectivity index (χ4n) is 2.66. The summed E-state index contributed by atoms with van der Waals surface area (Å²) in [7, 11) is 0. The van der Waals surface area contributed by atoms with E-state index < -0.39 is 0 Å². The molecule has 0 unspecified atom stereocenters. The number of aromatic nitrogens is 3. The van der Waals surface area contributed by atoms with Crippen LogP contribution >= 0.6 is 23.1 Å². The average molecular weight is 441 g/mol. The van der Waals surface area contributed by atoms with Crippen molar-refractivity contribution in [3.05, 3.63) is 60.0 Å². The van der Waals surface area contributed by atoms with Gasteiger partial charge in [-0.1, -0.05) is 61.2 Å². The Kier molecular flexibility index (Phi) is 6.29. The van der Waals surface area contributed by atoms with E-state index in [1.807, 2.05) is 48.5 Å². The lowest BCUT2D eigenvalue weighted by atomic mass is 10.0. The van der Waals surface area contributed by atoms with E-state index in [0.717, 1.165) is 16.0 Å². The van der Waals surface area contributed by atoms with Crippen molar-refractivity contribution < 1.29 is 13.9 Å². The molecule has 0 fully saturated rings. The number of fused-ring (bicyclic) bond motifs is 1. The second-order valence-corrected chi connectivity index (χ2v) is 8.75. The van der Waals surface area contributed by atoms with Gasteiger partial charge in [0.1, 0.15) is 5.75 Å². The topological polar surface area (TPSA) is 90.1 Å². The van der Waals surface area contributed by atoms with Gasteiger partial charge in [-0.15, -0.1) is 10.2 Å². The molecule has 4 rings (SSSR count). The highest BCUT2D eigenvalue weighted by atomic mass is 32.2. The normalized spacial score (nSPS) is 11.2. The van der Waals surface area contributed by atoms with Crippen LogP contribution in [0.15, 0.2) is 58.2 Å². The number of thiazole rings is 1. The Hall–Kier alpha value is -2.91. The molecule has 2 aromatic carbocycles. The lowest BCUT2D eigenvalue weighted by Crippen LogP contribution is -2.13. The van der Waals surface area contributed by atoms with Crippen LogP contribution in [-0.4, -0.2) is 26.8 Å². The van der Waals surface area contributed by atoms with Crippen LogP contribution in [0.4, 0.5) is 5.13 Å². The number of para-hydroxylation sites is 1. The van der Waals surface area contributed by atoms with Crippen molar-refractivity contribution in [3.63, 3.8) is 0 Å². The molecule has 30 heavy (non-hydrogen) atoms. The minimum atomic E-state index is -0.180. The number of amides is 1. The van der Waals surface area contributed by atoms with Crippen molar-refractivity contribution in [3.8, 4) is 5.75 Å². The van der Waals surface area contributed by atoms with Crippen molar-refractivity contribution in [1.29, 1.82) is 0 Å². The first-order chi connectivity index (χ1) is 14.6. The maximum Gasteiger partial charge on any atom is 0.277 e. The Balaban J connectivity index is 1.25. The molecule has 0 saturated heterocycles. The minimum absolute atomic E-state index is 0.148. The molecule has 0 atom stereocenters. The van der Waals surface area contributed by atoms with Crippen LogP contribution in [0.2, 0.25) is 0 Å². The SMILES string of the molecule is CC(C)c1ccc(OCc2nnc(SCC(=O)Nc3nc4ccccc4s3)o2)cc1. The number of carbonyl (C=O) groups is 1. The number of nitrogens with one attached hydrogen (secondary N) is 1. The van der Waals surface area contributed by atoms with Gasteiger partial charge in [0.25, 0.3) is 11.1 Å². The number of anilines is 1. The number of hydrogen-bond donors (Lipinski definition) is 1. The molecular formula is C21H20N4O3S2. The zero-order chi connectivity index (χ0) is 20.9. The van der Waals surface area contributed by atoms with Gasteiger partial charge in [-0.25, -0.2) is 4.98 Å². The highest BCUT2D eigenvalue weighted by molar-refractivity contribution is 7.99. The van der Waals surface area contributed by atoms with Crippen molar-refractivity contribution in [2.45, 2.75) is 31.6 Å². The van der Waals surface area contributed by atoms with E-state index in [-0.39, 0.29) is 18.3 Å². The number of nitrogens with zero attached hydrogens (tertiary/aromatic N) is 3. The van der Waals surface area contributed by atoms with Crippen molar-refractivity contribution >= 4 is 44.4 Å². The summed E-state index contributed by atoms with van der Waals surface area (Å²) in [5.41, 5.74) is 2.12. The number of hydrogen-bond acceptors (Lipinski definition) is 8. The molecular weight excluding hydrogens is 420 g/mol. The van der Waals surface area contributed by atoms with E-state index in [1.54, 1.807) is 0 Å². The quantitative estimate of drug-likeness (QED) is 0.381. The first-order valence-electron chi connectivity index (χ1n) is 9.40. The van der Waals surface area contributed by atoms with Gasteiger partial charge in [0, 0.05) is 0 Å². The predicted octanol–water partition coefficient (Wildman–Crippen LogP) is 5.11. The van der Waals surface area contributed by atoms with Gasteiger partial charge in [-0.05, 0) is 35.7 Å². The van der Waals surface area contributed by atoms with Crippen LogP contribution in [0.25, 0.3) is 10.2 Å². The third-order valence-corrected chi connectivity index (χ3v) is 5.99. The highest BCUT2D eigenvalue weighted by Gasteiger charge is 2.12. The van der Waals surface area contributed by atoms with Crippen LogP contribution in [0.1, 0.15) is 31.2 Å². The van der Waals surface area contributed by atoms with Crippen molar-refractivity contribution in [1.82, 2.24) is 15.2 Å². The maximum absolute atomic E-state index is 12.2. The standard InChI is InChI=1S/C21H20N4O3S2/c1-13(2)14-7-9-15(10-8-14)27-11-19-24-25-21(28-19)29-12-18(26)23-20-22-16-5-3-4-6-17(16)30-20/h3-10,13H,11-12H2,1-2H3,(H,22,23,26). The Morgan fingerprint density at radius 3 is 2.73 bits per heavy atom. The van der Waals surface area contributed by atoms with Gasteiger partial charge in [0.2, 0.25) is 5.91 Å². The number of thioether (sulfide) groups is 1. The molecule has 1 N–H and O–H groups in total.